The minimum Gasteiger partial charge on any atom is -0.474 e. The van der Waals surface area contributed by atoms with E-state index >= 15 is 0 Å². The van der Waals surface area contributed by atoms with E-state index in [1.165, 1.54) is 25.1 Å². The van der Waals surface area contributed by atoms with E-state index in [0.717, 1.165) is 18.2 Å². The molecule has 0 radical (unpaired) electrons. The number of ether oxygens (including phenoxy) is 1. The van der Waals surface area contributed by atoms with Crippen molar-refractivity contribution in [1.29, 1.82) is 0 Å². The lowest BCUT2D eigenvalue weighted by molar-refractivity contribution is -0.386. The molecule has 0 aromatic heterocycles. The summed E-state index contributed by atoms with van der Waals surface area (Å²) in [7, 11) is 0. The van der Waals surface area contributed by atoms with Crippen LogP contribution in [0.25, 0.3) is 0 Å². The second-order valence-electron chi connectivity index (χ2n) is 4.98. The molecular weight excluding hydrogens is 355 g/mol. The van der Waals surface area contributed by atoms with E-state index in [1.54, 1.807) is 0 Å². The average Bonchev–Trinajstić information content (AvgIpc) is 2.57. The van der Waals surface area contributed by atoms with Crippen molar-refractivity contribution in [3.8, 4) is 5.75 Å². The van der Waals surface area contributed by atoms with Gasteiger partial charge >= 0.3 is 5.69 Å². The molecule has 0 saturated carbocycles. The molecule has 130 valence electrons. The van der Waals surface area contributed by atoms with Crippen LogP contribution in [0.5, 0.6) is 5.75 Å². The van der Waals surface area contributed by atoms with Gasteiger partial charge in [-0.2, -0.15) is 0 Å². The summed E-state index contributed by atoms with van der Waals surface area (Å²) < 4.78 is 18.3. The standard InChI is InChI=1S/C16H12ClFN2O5/c1-9(16(22)19-13-4-3-11(18)7-12(13)17)25-15-5-2-10(8-21)6-14(15)20(23)24/h2-9H,1H3,(H,19,22)/t9-/m0/s1. The number of benzene rings is 2. The number of halogens is 2. The molecule has 0 saturated heterocycles. The van der Waals surface area contributed by atoms with Crippen molar-refractivity contribution in [2.24, 2.45) is 0 Å². The lowest BCUT2D eigenvalue weighted by Gasteiger charge is -2.15. The average molecular weight is 367 g/mol. The van der Waals surface area contributed by atoms with Gasteiger partial charge in [0.1, 0.15) is 12.1 Å². The van der Waals surface area contributed by atoms with Crippen LogP contribution in [-0.2, 0) is 4.79 Å². The smallest absolute Gasteiger partial charge is 0.311 e. The predicted molar refractivity (Wildman–Crippen MR) is 88.6 cm³/mol. The summed E-state index contributed by atoms with van der Waals surface area (Å²) >= 11 is 5.82. The lowest BCUT2D eigenvalue weighted by Crippen LogP contribution is -2.30. The van der Waals surface area contributed by atoms with Crippen LogP contribution in [0.3, 0.4) is 0 Å². The zero-order valence-corrected chi connectivity index (χ0v) is 13.6. The topological polar surface area (TPSA) is 98.5 Å². The Morgan fingerprint density at radius 3 is 2.68 bits per heavy atom. The minimum absolute atomic E-state index is 0.00173. The third kappa shape index (κ3) is 4.51. The van der Waals surface area contributed by atoms with Crippen LogP contribution < -0.4 is 10.1 Å². The van der Waals surface area contributed by atoms with Crippen LogP contribution in [0.15, 0.2) is 36.4 Å². The number of rotatable bonds is 6. The summed E-state index contributed by atoms with van der Waals surface area (Å²) in [5, 5.41) is 13.5. The van der Waals surface area contributed by atoms with Gasteiger partial charge in [0.25, 0.3) is 5.91 Å². The van der Waals surface area contributed by atoms with Crippen LogP contribution in [-0.4, -0.2) is 23.2 Å². The van der Waals surface area contributed by atoms with Gasteiger partial charge in [0.2, 0.25) is 0 Å². The van der Waals surface area contributed by atoms with Crippen molar-refractivity contribution in [3.63, 3.8) is 0 Å². The Balaban J connectivity index is 2.16. The molecule has 0 unspecified atom stereocenters. The molecule has 0 aliphatic rings. The third-order valence-electron chi connectivity index (χ3n) is 3.18. The number of nitro benzene ring substituents is 1. The summed E-state index contributed by atoms with van der Waals surface area (Å²) in [4.78, 5) is 33.2. The molecule has 0 aliphatic heterocycles. The molecular formula is C16H12ClFN2O5. The highest BCUT2D eigenvalue weighted by Crippen LogP contribution is 2.29. The fourth-order valence-electron chi connectivity index (χ4n) is 1.92. The van der Waals surface area contributed by atoms with Crippen molar-refractivity contribution >= 4 is 35.2 Å². The summed E-state index contributed by atoms with van der Waals surface area (Å²) in [6, 6.07) is 7.04. The molecule has 2 aromatic rings. The Hall–Kier alpha value is -3.00. The third-order valence-corrected chi connectivity index (χ3v) is 3.49. The highest BCUT2D eigenvalue weighted by atomic mass is 35.5. The molecule has 25 heavy (non-hydrogen) atoms. The van der Waals surface area contributed by atoms with Crippen molar-refractivity contribution in [2.75, 3.05) is 5.32 Å². The van der Waals surface area contributed by atoms with Gasteiger partial charge < -0.3 is 10.1 Å². The van der Waals surface area contributed by atoms with Gasteiger partial charge in [0.05, 0.1) is 15.6 Å². The molecule has 0 spiro atoms. The fraction of sp³-hybridized carbons (Fsp3) is 0.125. The lowest BCUT2D eigenvalue weighted by atomic mass is 10.2. The van der Waals surface area contributed by atoms with Gasteiger partial charge in [0, 0.05) is 11.6 Å². The second kappa shape index (κ2) is 7.71. The Morgan fingerprint density at radius 2 is 2.08 bits per heavy atom. The first kappa shape index (κ1) is 18.3. The van der Waals surface area contributed by atoms with E-state index in [1.807, 2.05) is 0 Å². The van der Waals surface area contributed by atoms with E-state index in [2.05, 4.69) is 5.32 Å². The van der Waals surface area contributed by atoms with Gasteiger partial charge in [-0.3, -0.25) is 19.7 Å². The number of nitrogens with zero attached hydrogens (tertiary/aromatic N) is 1. The number of nitrogens with one attached hydrogen (secondary N) is 1. The maximum Gasteiger partial charge on any atom is 0.311 e. The van der Waals surface area contributed by atoms with E-state index in [-0.39, 0.29) is 22.0 Å². The Morgan fingerprint density at radius 1 is 1.36 bits per heavy atom. The summed E-state index contributed by atoms with van der Waals surface area (Å²) in [5.41, 5.74) is -0.160. The molecule has 0 bridgehead atoms. The molecule has 0 fully saturated rings. The first-order valence-electron chi connectivity index (χ1n) is 6.98. The summed E-state index contributed by atoms with van der Waals surface area (Å²) in [6.07, 6.45) is -0.648. The first-order valence-corrected chi connectivity index (χ1v) is 7.36. The van der Waals surface area contributed by atoms with Gasteiger partial charge in [0.15, 0.2) is 11.9 Å². The van der Waals surface area contributed by atoms with Gasteiger partial charge in [-0.1, -0.05) is 11.6 Å². The zero-order valence-electron chi connectivity index (χ0n) is 12.9. The Bertz CT molecular complexity index is 843. The fourth-order valence-corrected chi connectivity index (χ4v) is 2.13. The number of hydrogen-bond acceptors (Lipinski definition) is 5. The molecule has 9 heteroatoms. The van der Waals surface area contributed by atoms with Crippen molar-refractivity contribution < 1.29 is 23.6 Å². The SMILES string of the molecule is C[C@H](Oc1ccc(C=O)cc1[N+](=O)[O-])C(=O)Nc1ccc(F)cc1Cl. The zero-order chi connectivity index (χ0) is 18.6. The highest BCUT2D eigenvalue weighted by molar-refractivity contribution is 6.33. The maximum absolute atomic E-state index is 13.0. The Labute approximate surface area is 146 Å². The normalized spacial score (nSPS) is 11.5. The predicted octanol–water partition coefficient (Wildman–Crippen LogP) is 3.61. The number of amides is 1. The van der Waals surface area contributed by atoms with Gasteiger partial charge in [-0.05, 0) is 37.3 Å². The maximum atomic E-state index is 13.0. The van der Waals surface area contributed by atoms with E-state index in [9.17, 15) is 24.1 Å². The van der Waals surface area contributed by atoms with Crippen molar-refractivity contribution in [1.82, 2.24) is 0 Å². The van der Waals surface area contributed by atoms with Crippen molar-refractivity contribution in [2.45, 2.75) is 13.0 Å². The van der Waals surface area contributed by atoms with Crippen LogP contribution >= 0.6 is 11.6 Å². The number of carbonyl (C=O) groups excluding carboxylic acids is 2. The molecule has 1 N–H and O–H groups in total. The summed E-state index contributed by atoms with van der Waals surface area (Å²) in [5.74, 6) is -1.36. The molecule has 7 nitrogen and oxygen atoms in total. The van der Waals surface area contributed by atoms with Gasteiger partial charge in [-0.15, -0.1) is 0 Å². The van der Waals surface area contributed by atoms with Crippen molar-refractivity contribution in [3.05, 3.63) is 62.9 Å². The van der Waals surface area contributed by atoms with E-state index in [0.29, 0.717) is 6.29 Å². The number of anilines is 1. The molecule has 0 heterocycles. The number of carbonyl (C=O) groups is 2. The van der Waals surface area contributed by atoms with E-state index in [4.69, 9.17) is 16.3 Å². The van der Waals surface area contributed by atoms with Crippen LogP contribution in [0.1, 0.15) is 17.3 Å². The minimum atomic E-state index is -1.11. The molecule has 1 atom stereocenters. The summed E-state index contributed by atoms with van der Waals surface area (Å²) in [6.45, 7) is 1.38. The Kier molecular flexibility index (Phi) is 5.66. The first-order chi connectivity index (χ1) is 11.8. The number of nitro groups is 1. The largest absolute Gasteiger partial charge is 0.474 e. The van der Waals surface area contributed by atoms with Crippen LogP contribution in [0.4, 0.5) is 15.8 Å². The number of hydrogen-bond donors (Lipinski definition) is 1. The van der Waals surface area contributed by atoms with Crippen LogP contribution in [0.2, 0.25) is 5.02 Å². The second-order valence-corrected chi connectivity index (χ2v) is 5.38. The molecule has 1 amide bonds. The van der Waals surface area contributed by atoms with Gasteiger partial charge in [-0.25, -0.2) is 4.39 Å². The quantitative estimate of drug-likeness (QED) is 0.478. The molecule has 0 aliphatic carbocycles. The van der Waals surface area contributed by atoms with E-state index < -0.39 is 28.4 Å². The monoisotopic (exact) mass is 366 g/mol. The molecule has 2 rings (SSSR count). The highest BCUT2D eigenvalue weighted by Gasteiger charge is 2.22. The molecule has 2 aromatic carbocycles. The number of aldehydes is 1. The van der Waals surface area contributed by atoms with Crippen LogP contribution in [0, 0.1) is 15.9 Å².